The van der Waals surface area contributed by atoms with Crippen LogP contribution in [0, 0.1) is 11.3 Å². The van der Waals surface area contributed by atoms with Gasteiger partial charge in [0.05, 0.1) is 17.1 Å². The lowest BCUT2D eigenvalue weighted by molar-refractivity contribution is 0.0698. The van der Waals surface area contributed by atoms with E-state index < -0.39 is 5.97 Å². The molecule has 8 nitrogen and oxygen atoms in total. The summed E-state index contributed by atoms with van der Waals surface area (Å²) in [5, 5.41) is 21.9. The van der Waals surface area contributed by atoms with Crippen LogP contribution in [0.2, 0.25) is 0 Å². The second-order valence-corrected chi connectivity index (χ2v) is 7.62. The van der Waals surface area contributed by atoms with Gasteiger partial charge < -0.3 is 15.3 Å². The number of nitrogens with one attached hydrogen (secondary N) is 1. The van der Waals surface area contributed by atoms with Gasteiger partial charge in [0, 0.05) is 55.8 Å². The van der Waals surface area contributed by atoms with Crippen molar-refractivity contribution in [2.45, 2.75) is 6.42 Å². The Morgan fingerprint density at radius 1 is 1.00 bits per heavy atom. The van der Waals surface area contributed by atoms with Gasteiger partial charge in [-0.25, -0.2) is 9.78 Å². The maximum Gasteiger partial charge on any atom is 0.336 e. The van der Waals surface area contributed by atoms with Crippen molar-refractivity contribution in [3.05, 3.63) is 65.7 Å². The molecule has 2 heterocycles. The van der Waals surface area contributed by atoms with E-state index in [4.69, 9.17) is 5.26 Å². The van der Waals surface area contributed by atoms with Crippen LogP contribution in [0.25, 0.3) is 10.9 Å². The number of piperazine rings is 1. The van der Waals surface area contributed by atoms with E-state index in [1.165, 1.54) is 0 Å². The summed E-state index contributed by atoms with van der Waals surface area (Å²) in [6, 6.07) is 17.7. The third-order valence-electron chi connectivity index (χ3n) is 5.56. The Labute approximate surface area is 222 Å². The van der Waals surface area contributed by atoms with Crippen LogP contribution in [0.1, 0.15) is 27.1 Å². The number of aromatic nitrogens is 1. The van der Waals surface area contributed by atoms with Crippen molar-refractivity contribution in [1.82, 2.24) is 9.88 Å². The van der Waals surface area contributed by atoms with Crippen molar-refractivity contribution in [1.29, 1.82) is 5.26 Å². The van der Waals surface area contributed by atoms with Crippen LogP contribution in [0.4, 0.5) is 11.5 Å². The highest BCUT2D eigenvalue weighted by Crippen LogP contribution is 2.27. The number of anilines is 2. The molecule has 0 atom stereocenters. The lowest BCUT2D eigenvalue weighted by Crippen LogP contribution is -2.46. The first-order valence-electron chi connectivity index (χ1n) is 10.4. The molecule has 3 aromatic rings. The number of carbonyl (C=O) groups excluding carboxylic acids is 1. The van der Waals surface area contributed by atoms with E-state index in [9.17, 15) is 14.7 Å². The number of benzene rings is 2. The number of fused-ring (bicyclic) bond motifs is 1. The van der Waals surface area contributed by atoms with Crippen LogP contribution in [-0.2, 0) is 0 Å². The molecule has 2 N–H and O–H groups in total. The largest absolute Gasteiger partial charge is 0.478 e. The number of aromatic carboxylic acids is 1. The maximum atomic E-state index is 12.5. The number of carboxylic acid groups (broad SMARTS) is 1. The first-order chi connectivity index (χ1) is 15.5. The minimum atomic E-state index is -1.04. The van der Waals surface area contributed by atoms with E-state index in [1.807, 2.05) is 6.07 Å². The van der Waals surface area contributed by atoms with Crippen molar-refractivity contribution in [2.75, 3.05) is 42.9 Å². The lowest BCUT2D eigenvalue weighted by Gasteiger charge is -2.35. The van der Waals surface area contributed by atoms with Gasteiger partial charge in [0.2, 0.25) is 0 Å². The molecule has 35 heavy (non-hydrogen) atoms. The molecule has 0 spiro atoms. The van der Waals surface area contributed by atoms with Gasteiger partial charge in [-0.05, 0) is 36.4 Å². The first kappa shape index (κ1) is 29.9. The minimum Gasteiger partial charge on any atom is -0.478 e. The van der Waals surface area contributed by atoms with Crippen LogP contribution >= 0.6 is 37.2 Å². The van der Waals surface area contributed by atoms with E-state index in [1.54, 1.807) is 48.5 Å². The molecule has 2 aromatic carbocycles. The second-order valence-electron chi connectivity index (χ2n) is 7.62. The van der Waals surface area contributed by atoms with Crippen molar-refractivity contribution < 1.29 is 14.7 Å². The standard InChI is InChI=1S/C24H23N5O3.3ClH/c25-9-4-10-28-11-13-29(14-12-28)22-16-20(24(31)32)19-15-18(7-8-21(19)27-22)26-23(30)17-5-2-1-3-6-17;;;/h1-3,5-8,15-16H,4,10-14H2,(H,26,30)(H,31,32);3*1H. The molecule has 4 rings (SSSR count). The highest BCUT2D eigenvalue weighted by atomic mass is 35.5. The smallest absolute Gasteiger partial charge is 0.336 e. The van der Waals surface area contributed by atoms with Gasteiger partial charge in [0.1, 0.15) is 5.82 Å². The molecule has 186 valence electrons. The van der Waals surface area contributed by atoms with E-state index in [2.05, 4.69) is 26.2 Å². The number of carboxylic acids is 1. The van der Waals surface area contributed by atoms with Crippen LogP contribution in [-0.4, -0.2) is 59.6 Å². The molecule has 0 unspecified atom stereocenters. The Kier molecular flexibility index (Phi) is 11.7. The summed E-state index contributed by atoms with van der Waals surface area (Å²) in [7, 11) is 0. The maximum absolute atomic E-state index is 12.5. The van der Waals surface area contributed by atoms with E-state index in [0.29, 0.717) is 47.5 Å². The third-order valence-corrected chi connectivity index (χ3v) is 5.56. The van der Waals surface area contributed by atoms with Crippen molar-refractivity contribution in [3.63, 3.8) is 0 Å². The van der Waals surface area contributed by atoms with E-state index >= 15 is 0 Å². The number of amides is 1. The number of hydrogen-bond acceptors (Lipinski definition) is 6. The molecule has 1 aromatic heterocycles. The zero-order chi connectivity index (χ0) is 22.5. The SMILES string of the molecule is Cl.Cl.Cl.N#CCCN1CCN(c2cc(C(=O)O)c3cc(NC(=O)c4ccccc4)ccc3n2)CC1. The molecular formula is C24H26Cl3N5O3. The molecule has 0 aliphatic carbocycles. The molecule has 11 heteroatoms. The Balaban J connectivity index is 0.00000204. The van der Waals surface area contributed by atoms with Gasteiger partial charge in [0.25, 0.3) is 5.91 Å². The summed E-state index contributed by atoms with van der Waals surface area (Å²) >= 11 is 0. The van der Waals surface area contributed by atoms with Crippen LogP contribution < -0.4 is 10.2 Å². The number of rotatable bonds is 6. The Bertz CT molecular complexity index is 1200. The number of hydrogen-bond donors (Lipinski definition) is 2. The number of carbonyl (C=O) groups is 2. The molecule has 1 fully saturated rings. The molecule has 0 radical (unpaired) electrons. The fraction of sp³-hybridized carbons (Fsp3) is 0.250. The predicted molar refractivity (Wildman–Crippen MR) is 144 cm³/mol. The number of nitriles is 1. The van der Waals surface area contributed by atoms with Gasteiger partial charge in [-0.3, -0.25) is 9.69 Å². The number of halogens is 3. The Morgan fingerprint density at radius 3 is 2.31 bits per heavy atom. The molecule has 1 saturated heterocycles. The van der Waals surface area contributed by atoms with E-state index in [-0.39, 0.29) is 48.7 Å². The Morgan fingerprint density at radius 2 is 1.69 bits per heavy atom. The highest BCUT2D eigenvalue weighted by molar-refractivity contribution is 6.08. The summed E-state index contributed by atoms with van der Waals surface area (Å²) in [4.78, 5) is 33.4. The van der Waals surface area contributed by atoms with Crippen LogP contribution in [0.5, 0.6) is 0 Å². The topological polar surface area (TPSA) is 110 Å². The quantitative estimate of drug-likeness (QED) is 0.476. The predicted octanol–water partition coefficient (Wildman–Crippen LogP) is 4.49. The fourth-order valence-corrected chi connectivity index (χ4v) is 3.83. The van der Waals surface area contributed by atoms with Crippen molar-refractivity contribution >= 4 is 71.5 Å². The highest BCUT2D eigenvalue weighted by Gasteiger charge is 2.21. The van der Waals surface area contributed by atoms with Gasteiger partial charge >= 0.3 is 5.97 Å². The molecule has 1 aliphatic rings. The molecule has 1 aliphatic heterocycles. The van der Waals surface area contributed by atoms with Gasteiger partial charge in [-0.1, -0.05) is 18.2 Å². The number of nitrogens with zero attached hydrogens (tertiary/aromatic N) is 4. The van der Waals surface area contributed by atoms with Crippen molar-refractivity contribution in [3.8, 4) is 6.07 Å². The zero-order valence-electron chi connectivity index (χ0n) is 18.7. The van der Waals surface area contributed by atoms with Crippen LogP contribution in [0.15, 0.2) is 54.6 Å². The normalized spacial score (nSPS) is 12.9. The second kappa shape index (κ2) is 13.7. The monoisotopic (exact) mass is 537 g/mol. The minimum absolute atomic E-state index is 0. The fourth-order valence-electron chi connectivity index (χ4n) is 3.83. The summed E-state index contributed by atoms with van der Waals surface area (Å²) in [6.45, 7) is 3.78. The van der Waals surface area contributed by atoms with Gasteiger partial charge in [-0.2, -0.15) is 5.26 Å². The lowest BCUT2D eigenvalue weighted by atomic mass is 10.1. The summed E-state index contributed by atoms with van der Waals surface area (Å²) in [5.41, 5.74) is 1.74. The Hall–Kier alpha value is -3.09. The van der Waals surface area contributed by atoms with Gasteiger partial charge in [-0.15, -0.1) is 37.2 Å². The molecule has 1 amide bonds. The zero-order valence-corrected chi connectivity index (χ0v) is 21.2. The summed E-state index contributed by atoms with van der Waals surface area (Å²) in [6.07, 6.45) is 0.501. The average molecular weight is 539 g/mol. The van der Waals surface area contributed by atoms with E-state index in [0.717, 1.165) is 19.6 Å². The van der Waals surface area contributed by atoms with Crippen LogP contribution in [0.3, 0.4) is 0 Å². The third kappa shape index (κ3) is 7.20. The first-order valence-corrected chi connectivity index (χ1v) is 10.4. The molecule has 0 saturated carbocycles. The van der Waals surface area contributed by atoms with Gasteiger partial charge in [0.15, 0.2) is 0 Å². The average Bonchev–Trinajstić information content (AvgIpc) is 2.82. The summed E-state index contributed by atoms with van der Waals surface area (Å²) in [5.74, 6) is -0.686. The van der Waals surface area contributed by atoms with Crippen molar-refractivity contribution in [2.24, 2.45) is 0 Å². The number of pyridine rings is 1. The molecule has 0 bridgehead atoms. The molecular weight excluding hydrogens is 513 g/mol. The summed E-state index contributed by atoms with van der Waals surface area (Å²) < 4.78 is 0.